The van der Waals surface area contributed by atoms with Crippen molar-refractivity contribution in [2.75, 3.05) is 0 Å². The van der Waals surface area contributed by atoms with Crippen LogP contribution in [0.2, 0.25) is 4.34 Å². The molecule has 1 heterocycles. The van der Waals surface area contributed by atoms with Gasteiger partial charge in [0.2, 0.25) is 0 Å². The van der Waals surface area contributed by atoms with E-state index in [-0.39, 0.29) is 5.41 Å². The zero-order chi connectivity index (χ0) is 12.6. The number of thiophene rings is 1. The lowest BCUT2D eigenvalue weighted by Crippen LogP contribution is -2.38. The van der Waals surface area contributed by atoms with Crippen LogP contribution in [0.4, 0.5) is 0 Å². The quantitative estimate of drug-likeness (QED) is 0.592. The van der Waals surface area contributed by atoms with Crippen molar-refractivity contribution in [3.63, 3.8) is 0 Å². The Morgan fingerprint density at radius 3 is 2.59 bits per heavy atom. The Kier molecular flexibility index (Phi) is 4.27. The Morgan fingerprint density at radius 1 is 1.35 bits per heavy atom. The summed E-state index contributed by atoms with van der Waals surface area (Å²) < 4.78 is 0.906. The van der Waals surface area contributed by atoms with Gasteiger partial charge in [-0.05, 0) is 36.8 Å². The third-order valence-corrected chi connectivity index (χ3v) is 6.75. The molecule has 1 fully saturated rings. The first-order chi connectivity index (χ1) is 7.91. The number of hydrogen-bond donors (Lipinski definition) is 0. The molecule has 1 aliphatic rings. The molecule has 3 heteroatoms. The Balaban J connectivity index is 2.20. The van der Waals surface area contributed by atoms with Gasteiger partial charge in [-0.15, -0.1) is 11.3 Å². The highest BCUT2D eigenvalue weighted by Crippen LogP contribution is 2.47. The predicted octanol–water partition coefficient (Wildman–Crippen LogP) is 5.88. The average Bonchev–Trinajstić information content (AvgIpc) is 2.64. The largest absolute Gasteiger partial charge is 0.128 e. The molecule has 1 aromatic heterocycles. The molecule has 1 aromatic rings. The van der Waals surface area contributed by atoms with Crippen LogP contribution in [0.25, 0.3) is 0 Å². The summed E-state index contributed by atoms with van der Waals surface area (Å²) >= 11 is 11.7. The minimum atomic E-state index is 0.228. The maximum atomic E-state index is 6.07. The van der Waals surface area contributed by atoms with E-state index in [1.54, 1.807) is 11.3 Å². The normalized spacial score (nSPS) is 30.5. The molecule has 0 aromatic carbocycles. The van der Waals surface area contributed by atoms with Gasteiger partial charge in [0.1, 0.15) is 0 Å². The minimum absolute atomic E-state index is 0.228. The fraction of sp³-hybridized carbons (Fsp3) is 0.714. The summed E-state index contributed by atoms with van der Waals surface area (Å²) in [7, 11) is 0. The van der Waals surface area contributed by atoms with Crippen LogP contribution in [0.1, 0.15) is 44.9 Å². The van der Waals surface area contributed by atoms with E-state index in [2.05, 4.69) is 42.8 Å². The molecule has 1 saturated carbocycles. The first-order valence-corrected chi connectivity index (χ1v) is 8.42. The molecule has 3 atom stereocenters. The van der Waals surface area contributed by atoms with E-state index in [9.17, 15) is 0 Å². The molecule has 0 aliphatic heterocycles. The van der Waals surface area contributed by atoms with Gasteiger partial charge in [0.25, 0.3) is 0 Å². The van der Waals surface area contributed by atoms with Crippen molar-refractivity contribution >= 4 is 38.9 Å². The van der Waals surface area contributed by atoms with Gasteiger partial charge in [-0.25, -0.2) is 0 Å². The van der Waals surface area contributed by atoms with E-state index < -0.39 is 0 Å². The van der Waals surface area contributed by atoms with Crippen LogP contribution < -0.4 is 0 Å². The van der Waals surface area contributed by atoms with Crippen molar-refractivity contribution in [1.29, 1.82) is 0 Å². The third kappa shape index (κ3) is 2.90. The van der Waals surface area contributed by atoms with Gasteiger partial charge in [-0.3, -0.25) is 0 Å². The number of halogens is 2. The van der Waals surface area contributed by atoms with E-state index in [1.165, 1.54) is 24.1 Å². The van der Waals surface area contributed by atoms with Crippen LogP contribution in [0.3, 0.4) is 0 Å². The first-order valence-electron chi connectivity index (χ1n) is 6.31. The molecule has 0 spiro atoms. The highest BCUT2D eigenvalue weighted by atomic mass is 79.9. The second-order valence-electron chi connectivity index (χ2n) is 5.87. The monoisotopic (exact) mass is 334 g/mol. The van der Waals surface area contributed by atoms with Crippen LogP contribution in [-0.2, 0) is 5.41 Å². The maximum absolute atomic E-state index is 6.07. The lowest BCUT2D eigenvalue weighted by Gasteiger charge is -2.41. The Bertz CT molecular complexity index is 385. The second-order valence-corrected chi connectivity index (χ2v) is 8.76. The third-order valence-electron chi connectivity index (χ3n) is 4.17. The fourth-order valence-electron chi connectivity index (χ4n) is 2.97. The summed E-state index contributed by atoms with van der Waals surface area (Å²) in [6.45, 7) is 7.09. The topological polar surface area (TPSA) is 0 Å². The second kappa shape index (κ2) is 5.22. The van der Waals surface area contributed by atoms with Gasteiger partial charge in [-0.2, -0.15) is 0 Å². The van der Waals surface area contributed by atoms with E-state index >= 15 is 0 Å². The summed E-state index contributed by atoms with van der Waals surface area (Å²) in [6.07, 6.45) is 3.97. The molecule has 17 heavy (non-hydrogen) atoms. The molecule has 0 amide bonds. The highest BCUT2D eigenvalue weighted by Gasteiger charge is 2.39. The van der Waals surface area contributed by atoms with E-state index in [0.29, 0.717) is 10.7 Å². The lowest BCUT2D eigenvalue weighted by molar-refractivity contribution is 0.217. The van der Waals surface area contributed by atoms with E-state index in [0.717, 1.165) is 10.3 Å². The van der Waals surface area contributed by atoms with Crippen molar-refractivity contribution in [3.8, 4) is 0 Å². The molecule has 0 saturated heterocycles. The average molecular weight is 336 g/mol. The summed E-state index contributed by atoms with van der Waals surface area (Å²) in [5.74, 6) is 1.58. The van der Waals surface area contributed by atoms with E-state index in [4.69, 9.17) is 11.6 Å². The zero-order valence-electron chi connectivity index (χ0n) is 10.7. The van der Waals surface area contributed by atoms with Crippen LogP contribution in [0, 0.1) is 11.8 Å². The lowest BCUT2D eigenvalue weighted by atomic mass is 9.68. The number of rotatable bonds is 2. The highest BCUT2D eigenvalue weighted by molar-refractivity contribution is 9.09. The van der Waals surface area contributed by atoms with Gasteiger partial charge < -0.3 is 0 Å². The van der Waals surface area contributed by atoms with Crippen molar-refractivity contribution in [1.82, 2.24) is 0 Å². The van der Waals surface area contributed by atoms with Crippen molar-refractivity contribution < 1.29 is 0 Å². The van der Waals surface area contributed by atoms with Crippen LogP contribution in [0.15, 0.2) is 12.1 Å². The number of alkyl halides is 1. The molecule has 0 bridgehead atoms. The molecule has 2 rings (SSSR count). The van der Waals surface area contributed by atoms with Crippen LogP contribution in [-0.4, -0.2) is 4.83 Å². The molecule has 0 nitrogen and oxygen atoms in total. The van der Waals surface area contributed by atoms with Gasteiger partial charge in [-0.1, -0.05) is 54.7 Å². The Hall–Kier alpha value is 0.470. The molecule has 0 N–H and O–H groups in total. The fourth-order valence-corrected chi connectivity index (χ4v) is 5.74. The Morgan fingerprint density at radius 2 is 2.06 bits per heavy atom. The standard InChI is InChI=1S/C14H20BrClS/c1-9-4-5-10(11(15)8-9)14(2,3)12-6-7-13(16)17-12/h6-7,9-11H,4-5,8H2,1-3H3. The maximum Gasteiger partial charge on any atom is 0.0931 e. The Labute approximate surface area is 122 Å². The molecule has 96 valence electrons. The zero-order valence-corrected chi connectivity index (χ0v) is 13.8. The first kappa shape index (κ1) is 13.9. The minimum Gasteiger partial charge on any atom is -0.128 e. The summed E-state index contributed by atoms with van der Waals surface area (Å²) in [6, 6.07) is 4.22. The van der Waals surface area contributed by atoms with Crippen molar-refractivity contribution in [2.45, 2.75) is 50.3 Å². The predicted molar refractivity (Wildman–Crippen MR) is 81.6 cm³/mol. The van der Waals surface area contributed by atoms with Crippen molar-refractivity contribution in [2.24, 2.45) is 11.8 Å². The molecular weight excluding hydrogens is 316 g/mol. The number of hydrogen-bond acceptors (Lipinski definition) is 1. The smallest absolute Gasteiger partial charge is 0.0931 e. The van der Waals surface area contributed by atoms with Gasteiger partial charge in [0.05, 0.1) is 4.34 Å². The summed E-state index contributed by atoms with van der Waals surface area (Å²) in [5, 5.41) is 0. The van der Waals surface area contributed by atoms with Gasteiger partial charge in [0, 0.05) is 15.1 Å². The molecular formula is C14H20BrClS. The molecule has 3 unspecified atom stereocenters. The van der Waals surface area contributed by atoms with Crippen LogP contribution in [0.5, 0.6) is 0 Å². The summed E-state index contributed by atoms with van der Waals surface area (Å²) in [5.41, 5.74) is 0.228. The van der Waals surface area contributed by atoms with Gasteiger partial charge >= 0.3 is 0 Å². The summed E-state index contributed by atoms with van der Waals surface area (Å²) in [4.78, 5) is 2.06. The molecule has 1 aliphatic carbocycles. The molecule has 0 radical (unpaired) electrons. The van der Waals surface area contributed by atoms with E-state index in [1.807, 2.05) is 6.07 Å². The van der Waals surface area contributed by atoms with Crippen molar-refractivity contribution in [3.05, 3.63) is 21.3 Å². The SMILES string of the molecule is CC1CCC(C(C)(C)c2ccc(Cl)s2)C(Br)C1. The van der Waals surface area contributed by atoms with Gasteiger partial charge in [0.15, 0.2) is 0 Å². The van der Waals surface area contributed by atoms with Crippen LogP contribution >= 0.6 is 38.9 Å².